The van der Waals surface area contributed by atoms with Crippen LogP contribution in [-0.2, 0) is 20.9 Å². The maximum absolute atomic E-state index is 12.7. The van der Waals surface area contributed by atoms with Crippen LogP contribution in [0.2, 0.25) is 0 Å². The number of thioether (sulfide) groups is 1. The van der Waals surface area contributed by atoms with E-state index >= 15 is 0 Å². The van der Waals surface area contributed by atoms with E-state index in [2.05, 4.69) is 34.7 Å². The molecule has 2 unspecified atom stereocenters. The maximum atomic E-state index is 12.7. The van der Waals surface area contributed by atoms with Gasteiger partial charge in [0.1, 0.15) is 12.1 Å². The fourth-order valence-corrected chi connectivity index (χ4v) is 4.80. The molecule has 1 aromatic carbocycles. The Balaban J connectivity index is 1.57. The van der Waals surface area contributed by atoms with E-state index in [-0.39, 0.29) is 36.7 Å². The van der Waals surface area contributed by atoms with Gasteiger partial charge >= 0.3 is 0 Å². The van der Waals surface area contributed by atoms with Crippen molar-refractivity contribution in [2.75, 3.05) is 6.54 Å². The molecule has 3 N–H and O–H groups in total. The summed E-state index contributed by atoms with van der Waals surface area (Å²) in [5, 5.41) is 15.7. The van der Waals surface area contributed by atoms with Crippen molar-refractivity contribution in [2.24, 2.45) is 4.99 Å². The van der Waals surface area contributed by atoms with Gasteiger partial charge in [0.05, 0.1) is 22.9 Å². The van der Waals surface area contributed by atoms with E-state index in [1.807, 2.05) is 17.7 Å². The number of hydrogen-bond donors (Lipinski definition) is 3. The lowest BCUT2D eigenvalue weighted by molar-refractivity contribution is -0.141. The normalized spacial score (nSPS) is 26.5. The molecule has 1 aromatic rings. The van der Waals surface area contributed by atoms with Gasteiger partial charge < -0.3 is 20.6 Å². The predicted octanol–water partition coefficient (Wildman–Crippen LogP) is 0.994. The third kappa shape index (κ3) is 5.20. The average Bonchev–Trinajstić information content (AvgIpc) is 3.31. The highest BCUT2D eigenvalue weighted by Crippen LogP contribution is 2.36. The highest BCUT2D eigenvalue weighted by Gasteiger charge is 2.40. The smallest absolute Gasteiger partial charge is 0.245 e. The van der Waals surface area contributed by atoms with Gasteiger partial charge in [-0.05, 0) is 25.0 Å². The molecule has 0 radical (unpaired) electrons. The Morgan fingerprint density at radius 3 is 2.60 bits per heavy atom. The van der Waals surface area contributed by atoms with E-state index < -0.39 is 18.2 Å². The van der Waals surface area contributed by atoms with Crippen molar-refractivity contribution in [2.45, 2.75) is 63.2 Å². The van der Waals surface area contributed by atoms with Crippen LogP contribution in [0.15, 0.2) is 29.3 Å². The Morgan fingerprint density at radius 2 is 2.00 bits per heavy atom. The molecular weight excluding hydrogens is 404 g/mol. The summed E-state index contributed by atoms with van der Waals surface area (Å²) >= 11 is 1.70. The third-order valence-corrected chi connectivity index (χ3v) is 6.57. The number of aliphatic hydroxyl groups is 1. The summed E-state index contributed by atoms with van der Waals surface area (Å²) in [6, 6.07) is 6.80. The van der Waals surface area contributed by atoms with Gasteiger partial charge in [-0.2, -0.15) is 0 Å². The van der Waals surface area contributed by atoms with Crippen LogP contribution in [0.5, 0.6) is 0 Å². The Bertz CT molecular complexity index is 829. The van der Waals surface area contributed by atoms with E-state index in [1.165, 1.54) is 17.4 Å². The van der Waals surface area contributed by atoms with E-state index in [1.54, 1.807) is 18.7 Å². The molecule has 1 fully saturated rings. The van der Waals surface area contributed by atoms with Crippen LogP contribution in [0.25, 0.3) is 0 Å². The third-order valence-electron chi connectivity index (χ3n) is 5.37. The highest BCUT2D eigenvalue weighted by molar-refractivity contribution is 8.12. The van der Waals surface area contributed by atoms with Crippen molar-refractivity contribution in [1.29, 1.82) is 0 Å². The zero-order valence-electron chi connectivity index (χ0n) is 17.4. The molecule has 0 spiro atoms. The number of likely N-dealkylation sites (tertiary alicyclic amines) is 1. The number of β-amino-alcohol motifs (C(OH)–C–C–N with tert-alkyl or cyclic N) is 1. The van der Waals surface area contributed by atoms with Crippen LogP contribution < -0.4 is 10.6 Å². The summed E-state index contributed by atoms with van der Waals surface area (Å²) < 4.78 is 0. The second kappa shape index (κ2) is 9.61. The minimum absolute atomic E-state index is 0.0782. The predicted molar refractivity (Wildman–Crippen MR) is 116 cm³/mol. The molecule has 0 bridgehead atoms. The van der Waals surface area contributed by atoms with E-state index in [0.29, 0.717) is 11.8 Å². The minimum atomic E-state index is -0.762. The summed E-state index contributed by atoms with van der Waals surface area (Å²) in [6.45, 7) is 5.40. The van der Waals surface area contributed by atoms with Gasteiger partial charge in [-0.15, -0.1) is 11.8 Å². The molecule has 30 heavy (non-hydrogen) atoms. The number of nitrogens with one attached hydrogen (secondary N) is 2. The molecule has 5 atom stereocenters. The van der Waals surface area contributed by atoms with Crippen molar-refractivity contribution < 1.29 is 19.5 Å². The molecule has 2 heterocycles. The monoisotopic (exact) mass is 432 g/mol. The van der Waals surface area contributed by atoms with Gasteiger partial charge in [-0.25, -0.2) is 0 Å². The lowest BCUT2D eigenvalue weighted by Gasteiger charge is -2.26. The van der Waals surface area contributed by atoms with E-state index in [0.717, 1.165) is 5.56 Å². The van der Waals surface area contributed by atoms with Crippen LogP contribution in [0.4, 0.5) is 0 Å². The first-order valence-electron chi connectivity index (χ1n) is 10.1. The number of amides is 3. The molecule has 0 saturated carbocycles. The fourth-order valence-electron chi connectivity index (χ4n) is 3.80. The topological polar surface area (TPSA) is 111 Å². The molecule has 3 rings (SSSR count). The van der Waals surface area contributed by atoms with Crippen LogP contribution in [0.3, 0.4) is 0 Å². The lowest BCUT2D eigenvalue weighted by atomic mass is 10.0. The Kier molecular flexibility index (Phi) is 7.14. The molecule has 9 heteroatoms. The van der Waals surface area contributed by atoms with Crippen LogP contribution in [-0.4, -0.2) is 64.0 Å². The molecule has 0 aromatic heterocycles. The van der Waals surface area contributed by atoms with Crippen molar-refractivity contribution >= 4 is 35.0 Å². The van der Waals surface area contributed by atoms with Gasteiger partial charge in [-0.1, -0.05) is 24.3 Å². The molecule has 162 valence electrons. The van der Waals surface area contributed by atoms with Crippen LogP contribution >= 0.6 is 11.8 Å². The number of carbonyl (C=O) groups excluding carboxylic acids is 3. The SMILES string of the molecule is CC(=O)N[C@@H](C)C(=O)N1C[C@H](O)C[C@H]1C(=O)NCc1ccc(C2SC=NC2C)cc1. The number of benzene rings is 1. The van der Waals surface area contributed by atoms with E-state index in [4.69, 9.17) is 0 Å². The Morgan fingerprint density at radius 1 is 1.30 bits per heavy atom. The number of aliphatic hydroxyl groups excluding tert-OH is 1. The van der Waals surface area contributed by atoms with Gasteiger partial charge in [0.25, 0.3) is 0 Å². The Hall–Kier alpha value is -2.39. The first kappa shape index (κ1) is 22.3. The molecular formula is C21H28N4O4S. The van der Waals surface area contributed by atoms with Crippen LogP contribution in [0.1, 0.15) is 43.6 Å². The summed E-state index contributed by atoms with van der Waals surface area (Å²) in [5.41, 5.74) is 4.04. The number of nitrogens with zero attached hydrogens (tertiary/aromatic N) is 2. The summed E-state index contributed by atoms with van der Waals surface area (Å²) in [4.78, 5) is 42.3. The Labute approximate surface area is 180 Å². The first-order chi connectivity index (χ1) is 14.3. The second-order valence-corrected chi connectivity index (χ2v) is 8.82. The largest absolute Gasteiger partial charge is 0.391 e. The van der Waals surface area contributed by atoms with Gasteiger partial charge in [-0.3, -0.25) is 19.4 Å². The zero-order chi connectivity index (χ0) is 21.8. The molecule has 2 aliphatic heterocycles. The lowest BCUT2D eigenvalue weighted by Crippen LogP contribution is -2.52. The number of aliphatic imine (C=N–C) groups is 1. The quantitative estimate of drug-likeness (QED) is 0.621. The number of rotatable bonds is 6. The molecule has 1 saturated heterocycles. The maximum Gasteiger partial charge on any atom is 0.245 e. The fraction of sp³-hybridized carbons (Fsp3) is 0.524. The van der Waals surface area contributed by atoms with Crippen molar-refractivity contribution in [3.8, 4) is 0 Å². The summed E-state index contributed by atoms with van der Waals surface area (Å²) in [7, 11) is 0. The molecule has 2 aliphatic rings. The highest BCUT2D eigenvalue weighted by atomic mass is 32.2. The first-order valence-corrected chi connectivity index (χ1v) is 11.0. The summed E-state index contributed by atoms with van der Waals surface area (Å²) in [6.07, 6.45) is -0.582. The average molecular weight is 433 g/mol. The number of hydrogen-bond acceptors (Lipinski definition) is 6. The summed E-state index contributed by atoms with van der Waals surface area (Å²) in [5.74, 6) is -1.01. The second-order valence-electron chi connectivity index (χ2n) is 7.83. The molecule has 8 nitrogen and oxygen atoms in total. The van der Waals surface area contributed by atoms with Crippen LogP contribution in [0, 0.1) is 0 Å². The standard InChI is InChI=1S/C21H28N4O4S/c1-12-19(30-11-23-12)16-6-4-15(5-7-16)9-22-20(28)18-8-17(27)10-25(18)21(29)13(2)24-14(3)26/h4-7,11-13,17-19,27H,8-10H2,1-3H3,(H,22,28)(H,24,26)/t12?,13-,17+,18-,19?/m0/s1. The van der Waals surface area contributed by atoms with Gasteiger partial charge in [0, 0.05) is 26.4 Å². The molecule has 0 aliphatic carbocycles. The zero-order valence-corrected chi connectivity index (χ0v) is 18.2. The van der Waals surface area contributed by atoms with E-state index in [9.17, 15) is 19.5 Å². The van der Waals surface area contributed by atoms with Gasteiger partial charge in [0.2, 0.25) is 17.7 Å². The minimum Gasteiger partial charge on any atom is -0.391 e. The van der Waals surface area contributed by atoms with Gasteiger partial charge in [0.15, 0.2) is 0 Å². The van der Waals surface area contributed by atoms with Crippen molar-refractivity contribution in [3.63, 3.8) is 0 Å². The van der Waals surface area contributed by atoms with Crippen molar-refractivity contribution in [3.05, 3.63) is 35.4 Å². The number of carbonyl (C=O) groups is 3. The van der Waals surface area contributed by atoms with Crippen molar-refractivity contribution in [1.82, 2.24) is 15.5 Å². The molecule has 3 amide bonds.